The van der Waals surface area contributed by atoms with Crippen LogP contribution in [0.2, 0.25) is 5.02 Å². The standard InChI is InChI=1S/C31H36ClN3O4S/c1-23-5-7-26(8-6-23)21-33-31(37)24(2)35(22-27-9-14-28(32)15-10-27)30(36)18-13-25-11-16-29(17-12-25)40(38,39)34-19-3-4-20-34/h5-12,14-17,24H,3-4,13,18-22H2,1-2H3,(H,33,37)/t24-/m0/s1. The van der Waals surface area contributed by atoms with E-state index in [4.69, 9.17) is 11.6 Å². The highest BCUT2D eigenvalue weighted by Gasteiger charge is 2.28. The van der Waals surface area contributed by atoms with Crippen molar-refractivity contribution < 1.29 is 18.0 Å². The molecule has 212 valence electrons. The summed E-state index contributed by atoms with van der Waals surface area (Å²) in [6.45, 7) is 5.49. The van der Waals surface area contributed by atoms with Crippen LogP contribution in [0.4, 0.5) is 0 Å². The van der Waals surface area contributed by atoms with Crippen molar-refractivity contribution in [3.63, 3.8) is 0 Å². The Hall–Kier alpha value is -3.20. The fourth-order valence-corrected chi connectivity index (χ4v) is 6.36. The van der Waals surface area contributed by atoms with Gasteiger partial charge in [-0.25, -0.2) is 8.42 Å². The number of sulfonamides is 1. The molecule has 1 atom stereocenters. The first-order valence-electron chi connectivity index (χ1n) is 13.6. The molecule has 0 radical (unpaired) electrons. The topological polar surface area (TPSA) is 86.8 Å². The molecule has 9 heteroatoms. The first-order valence-corrected chi connectivity index (χ1v) is 15.4. The number of carbonyl (C=O) groups is 2. The number of halogens is 1. The van der Waals surface area contributed by atoms with Crippen molar-refractivity contribution in [3.05, 3.63) is 100 Å². The molecule has 0 unspecified atom stereocenters. The summed E-state index contributed by atoms with van der Waals surface area (Å²) in [6, 6.07) is 21.2. The van der Waals surface area contributed by atoms with Gasteiger partial charge in [-0.15, -0.1) is 0 Å². The number of aryl methyl sites for hydroxylation is 2. The van der Waals surface area contributed by atoms with E-state index in [0.717, 1.165) is 35.1 Å². The summed E-state index contributed by atoms with van der Waals surface area (Å²) in [5.74, 6) is -0.402. The summed E-state index contributed by atoms with van der Waals surface area (Å²) in [4.78, 5) is 28.4. The van der Waals surface area contributed by atoms with Crippen molar-refractivity contribution in [2.24, 2.45) is 0 Å². The van der Waals surface area contributed by atoms with E-state index in [1.54, 1.807) is 48.2 Å². The number of hydrogen-bond acceptors (Lipinski definition) is 4. The predicted octanol–water partition coefficient (Wildman–Crippen LogP) is 5.10. The van der Waals surface area contributed by atoms with Gasteiger partial charge in [0.1, 0.15) is 6.04 Å². The van der Waals surface area contributed by atoms with Gasteiger partial charge in [0.25, 0.3) is 0 Å². The number of rotatable bonds is 11. The average molecular weight is 582 g/mol. The van der Waals surface area contributed by atoms with E-state index in [9.17, 15) is 18.0 Å². The molecule has 1 saturated heterocycles. The van der Waals surface area contributed by atoms with Gasteiger partial charge in [-0.2, -0.15) is 4.31 Å². The SMILES string of the molecule is Cc1ccc(CNC(=O)[C@H](C)N(Cc2ccc(Cl)cc2)C(=O)CCc2ccc(S(=O)(=O)N3CCCC3)cc2)cc1. The second kappa shape index (κ2) is 13.4. The highest BCUT2D eigenvalue weighted by molar-refractivity contribution is 7.89. The fourth-order valence-electron chi connectivity index (χ4n) is 4.71. The molecule has 1 aliphatic rings. The van der Waals surface area contributed by atoms with E-state index in [-0.39, 0.29) is 29.7 Å². The molecular formula is C31H36ClN3O4S. The molecular weight excluding hydrogens is 546 g/mol. The second-order valence-electron chi connectivity index (χ2n) is 10.3. The maximum atomic E-state index is 13.5. The molecule has 40 heavy (non-hydrogen) atoms. The summed E-state index contributed by atoms with van der Waals surface area (Å²) in [5, 5.41) is 3.55. The van der Waals surface area contributed by atoms with Gasteiger partial charge in [0.05, 0.1) is 4.90 Å². The summed E-state index contributed by atoms with van der Waals surface area (Å²) in [7, 11) is -3.48. The molecule has 1 aliphatic heterocycles. The van der Waals surface area contributed by atoms with Crippen LogP contribution in [0.5, 0.6) is 0 Å². The van der Waals surface area contributed by atoms with Gasteiger partial charge in [-0.1, -0.05) is 65.7 Å². The quantitative estimate of drug-likeness (QED) is 0.341. The number of benzene rings is 3. The van der Waals surface area contributed by atoms with Gasteiger partial charge in [0, 0.05) is 37.6 Å². The van der Waals surface area contributed by atoms with Crippen LogP contribution in [0, 0.1) is 6.92 Å². The Labute approximate surface area is 242 Å². The number of carbonyl (C=O) groups excluding carboxylic acids is 2. The molecule has 0 bridgehead atoms. The van der Waals surface area contributed by atoms with Crippen LogP contribution in [-0.4, -0.2) is 48.6 Å². The second-order valence-corrected chi connectivity index (χ2v) is 12.7. The lowest BCUT2D eigenvalue weighted by molar-refractivity contribution is -0.140. The number of hydrogen-bond donors (Lipinski definition) is 1. The van der Waals surface area contributed by atoms with Gasteiger partial charge in [0.15, 0.2) is 0 Å². The maximum Gasteiger partial charge on any atom is 0.243 e. The lowest BCUT2D eigenvalue weighted by atomic mass is 10.1. The van der Waals surface area contributed by atoms with E-state index in [1.165, 1.54) is 4.31 Å². The fraction of sp³-hybridized carbons (Fsp3) is 0.355. The first-order chi connectivity index (χ1) is 19.1. The normalized spacial score (nSPS) is 14.6. The molecule has 0 spiro atoms. The lowest BCUT2D eigenvalue weighted by Gasteiger charge is -2.29. The molecule has 3 aromatic rings. The molecule has 1 heterocycles. The third-order valence-corrected chi connectivity index (χ3v) is 9.44. The predicted molar refractivity (Wildman–Crippen MR) is 157 cm³/mol. The largest absolute Gasteiger partial charge is 0.350 e. The summed E-state index contributed by atoms with van der Waals surface area (Å²) < 4.78 is 27.1. The van der Waals surface area contributed by atoms with E-state index < -0.39 is 16.1 Å². The maximum absolute atomic E-state index is 13.5. The van der Waals surface area contributed by atoms with Gasteiger partial charge < -0.3 is 10.2 Å². The van der Waals surface area contributed by atoms with Crippen LogP contribution in [0.1, 0.15) is 48.4 Å². The third kappa shape index (κ3) is 7.71. The average Bonchev–Trinajstić information content (AvgIpc) is 3.51. The lowest BCUT2D eigenvalue weighted by Crippen LogP contribution is -2.47. The Morgan fingerprint density at radius 1 is 0.900 bits per heavy atom. The highest BCUT2D eigenvalue weighted by atomic mass is 35.5. The Morgan fingerprint density at radius 2 is 1.48 bits per heavy atom. The van der Waals surface area contributed by atoms with Gasteiger partial charge in [-0.05, 0) is 74.1 Å². The Bertz CT molecular complexity index is 1400. The minimum atomic E-state index is -3.48. The zero-order chi connectivity index (χ0) is 28.7. The molecule has 0 saturated carbocycles. The summed E-state index contributed by atoms with van der Waals surface area (Å²) >= 11 is 6.04. The molecule has 4 rings (SSSR count). The van der Waals surface area contributed by atoms with Crippen molar-refractivity contribution in [3.8, 4) is 0 Å². The van der Waals surface area contributed by atoms with Gasteiger partial charge in [-0.3, -0.25) is 9.59 Å². The monoisotopic (exact) mass is 581 g/mol. The molecule has 3 aromatic carbocycles. The van der Waals surface area contributed by atoms with E-state index in [2.05, 4.69) is 5.32 Å². The van der Waals surface area contributed by atoms with Gasteiger partial charge >= 0.3 is 0 Å². The molecule has 0 aliphatic carbocycles. The number of nitrogens with zero attached hydrogens (tertiary/aromatic N) is 2. The van der Waals surface area contributed by atoms with Gasteiger partial charge in [0.2, 0.25) is 21.8 Å². The zero-order valence-corrected chi connectivity index (χ0v) is 24.5. The van der Waals surface area contributed by atoms with E-state index >= 15 is 0 Å². The zero-order valence-electron chi connectivity index (χ0n) is 23.0. The number of amides is 2. The van der Waals surface area contributed by atoms with Crippen molar-refractivity contribution in [2.75, 3.05) is 13.1 Å². The van der Waals surface area contributed by atoms with Crippen molar-refractivity contribution in [1.82, 2.24) is 14.5 Å². The molecule has 1 N–H and O–H groups in total. The van der Waals surface area contributed by atoms with Crippen LogP contribution in [0.25, 0.3) is 0 Å². The van der Waals surface area contributed by atoms with Crippen LogP contribution in [0.15, 0.2) is 77.7 Å². The number of nitrogens with one attached hydrogen (secondary N) is 1. The molecule has 0 aromatic heterocycles. The van der Waals surface area contributed by atoms with Crippen molar-refractivity contribution >= 4 is 33.4 Å². The van der Waals surface area contributed by atoms with Crippen LogP contribution < -0.4 is 5.32 Å². The minimum absolute atomic E-state index is 0.165. The first kappa shape index (κ1) is 29.8. The molecule has 1 fully saturated rings. The molecule has 2 amide bonds. The van der Waals surface area contributed by atoms with E-state index in [1.807, 2.05) is 43.3 Å². The van der Waals surface area contributed by atoms with E-state index in [0.29, 0.717) is 31.1 Å². The Balaban J connectivity index is 1.42. The Morgan fingerprint density at radius 3 is 2.10 bits per heavy atom. The van der Waals surface area contributed by atoms with Crippen molar-refractivity contribution in [1.29, 1.82) is 0 Å². The van der Waals surface area contributed by atoms with Crippen LogP contribution in [0.3, 0.4) is 0 Å². The smallest absolute Gasteiger partial charge is 0.243 e. The van der Waals surface area contributed by atoms with Crippen LogP contribution >= 0.6 is 11.6 Å². The Kier molecular flexibility index (Phi) is 10.0. The summed E-state index contributed by atoms with van der Waals surface area (Å²) in [5.41, 5.74) is 3.85. The third-order valence-electron chi connectivity index (χ3n) is 7.27. The minimum Gasteiger partial charge on any atom is -0.350 e. The summed E-state index contributed by atoms with van der Waals surface area (Å²) in [6.07, 6.45) is 2.38. The molecule has 7 nitrogen and oxygen atoms in total. The van der Waals surface area contributed by atoms with Crippen LogP contribution in [-0.2, 0) is 39.1 Å². The highest BCUT2D eigenvalue weighted by Crippen LogP contribution is 2.22. The van der Waals surface area contributed by atoms with Crippen molar-refractivity contribution in [2.45, 2.75) is 63.6 Å².